The van der Waals surface area contributed by atoms with Crippen molar-refractivity contribution < 1.29 is 0 Å². The lowest BCUT2D eigenvalue weighted by molar-refractivity contribution is 0.560. The summed E-state index contributed by atoms with van der Waals surface area (Å²) < 4.78 is 0. The Balaban J connectivity index is 2.59. The Labute approximate surface area is 87.5 Å². The summed E-state index contributed by atoms with van der Waals surface area (Å²) in [4.78, 5) is 0. The number of nitrogens with one attached hydrogen (secondary N) is 1. The molecule has 0 amide bonds. The highest BCUT2D eigenvalue weighted by Crippen LogP contribution is 2.13. The molecule has 0 saturated carbocycles. The molecule has 0 spiro atoms. The quantitative estimate of drug-likeness (QED) is 0.765. The molecule has 1 aromatic rings. The maximum atomic E-state index is 3.49. The summed E-state index contributed by atoms with van der Waals surface area (Å²) >= 11 is 0. The van der Waals surface area contributed by atoms with Crippen molar-refractivity contribution >= 4 is 5.69 Å². The molecular formula is C13H21N. The normalized spacial score (nSPS) is 12.9. The highest BCUT2D eigenvalue weighted by atomic mass is 14.9. The zero-order valence-electron chi connectivity index (χ0n) is 9.67. The number of rotatable bonds is 4. The maximum absolute atomic E-state index is 3.49. The molecule has 1 atom stereocenters. The van der Waals surface area contributed by atoms with Crippen molar-refractivity contribution in [3.05, 3.63) is 29.8 Å². The van der Waals surface area contributed by atoms with Crippen molar-refractivity contribution in [1.82, 2.24) is 0 Å². The molecule has 0 aliphatic heterocycles. The minimum atomic E-state index is 0.530. The molecule has 14 heavy (non-hydrogen) atoms. The Bertz CT molecular complexity index is 261. The van der Waals surface area contributed by atoms with E-state index < -0.39 is 0 Å². The van der Waals surface area contributed by atoms with Gasteiger partial charge in [0, 0.05) is 11.7 Å². The molecule has 0 fully saturated rings. The van der Waals surface area contributed by atoms with Gasteiger partial charge in [-0.3, -0.25) is 0 Å². The second kappa shape index (κ2) is 5.04. The average molecular weight is 191 g/mol. The topological polar surface area (TPSA) is 12.0 Å². The fraction of sp³-hybridized carbons (Fsp3) is 0.538. The minimum absolute atomic E-state index is 0.530. The molecule has 1 N–H and O–H groups in total. The third-order valence-electron chi connectivity index (χ3n) is 2.76. The minimum Gasteiger partial charge on any atom is -0.382 e. The van der Waals surface area contributed by atoms with E-state index in [1.54, 1.807) is 0 Å². The van der Waals surface area contributed by atoms with E-state index in [0.29, 0.717) is 12.0 Å². The van der Waals surface area contributed by atoms with Crippen LogP contribution in [0.4, 0.5) is 5.69 Å². The lowest BCUT2D eigenvalue weighted by atomic mass is 10.1. The SMILES string of the molecule is CCc1ccc(NC(C)C(C)C)cc1. The summed E-state index contributed by atoms with van der Waals surface area (Å²) in [5.74, 6) is 0.667. The third kappa shape index (κ3) is 3.06. The number of benzene rings is 1. The molecule has 0 aliphatic rings. The standard InChI is InChI=1S/C13H21N/c1-5-12-6-8-13(9-7-12)14-11(4)10(2)3/h6-11,14H,5H2,1-4H3. The smallest absolute Gasteiger partial charge is 0.0342 e. The molecule has 1 heteroatoms. The van der Waals surface area contributed by atoms with Crippen molar-refractivity contribution in [1.29, 1.82) is 0 Å². The van der Waals surface area contributed by atoms with E-state index in [0.717, 1.165) is 6.42 Å². The lowest BCUT2D eigenvalue weighted by Gasteiger charge is -2.18. The molecule has 1 aromatic carbocycles. The van der Waals surface area contributed by atoms with E-state index in [4.69, 9.17) is 0 Å². The van der Waals surface area contributed by atoms with Crippen molar-refractivity contribution in [2.45, 2.75) is 40.2 Å². The second-order valence-electron chi connectivity index (χ2n) is 4.23. The fourth-order valence-electron chi connectivity index (χ4n) is 1.27. The Kier molecular flexibility index (Phi) is 3.99. The van der Waals surface area contributed by atoms with Gasteiger partial charge in [0.1, 0.15) is 0 Å². The van der Waals surface area contributed by atoms with Crippen LogP contribution in [0.25, 0.3) is 0 Å². The molecule has 0 bridgehead atoms. The van der Waals surface area contributed by atoms with Crippen LogP contribution >= 0.6 is 0 Å². The van der Waals surface area contributed by atoms with Crippen molar-refractivity contribution in [3.8, 4) is 0 Å². The highest BCUT2D eigenvalue weighted by molar-refractivity contribution is 5.45. The van der Waals surface area contributed by atoms with Crippen LogP contribution in [0, 0.1) is 5.92 Å². The second-order valence-corrected chi connectivity index (χ2v) is 4.23. The summed E-state index contributed by atoms with van der Waals surface area (Å²) in [5.41, 5.74) is 2.62. The van der Waals surface area contributed by atoms with Crippen molar-refractivity contribution in [3.63, 3.8) is 0 Å². The monoisotopic (exact) mass is 191 g/mol. The van der Waals surface area contributed by atoms with Gasteiger partial charge in [0.25, 0.3) is 0 Å². The van der Waals surface area contributed by atoms with E-state index in [1.165, 1.54) is 11.3 Å². The maximum Gasteiger partial charge on any atom is 0.0342 e. The van der Waals surface area contributed by atoms with E-state index in [1.807, 2.05) is 0 Å². The van der Waals surface area contributed by atoms with E-state index in [2.05, 4.69) is 57.3 Å². The summed E-state index contributed by atoms with van der Waals surface area (Å²) in [5, 5.41) is 3.49. The first-order valence-electron chi connectivity index (χ1n) is 5.49. The van der Waals surface area contributed by atoms with E-state index >= 15 is 0 Å². The Hall–Kier alpha value is -0.980. The molecule has 1 rings (SSSR count). The van der Waals surface area contributed by atoms with Gasteiger partial charge in [0.2, 0.25) is 0 Å². The number of anilines is 1. The first kappa shape index (κ1) is 11.1. The summed E-state index contributed by atoms with van der Waals surface area (Å²) in [6.07, 6.45) is 1.11. The van der Waals surface area contributed by atoms with Crippen LogP contribution in [0.5, 0.6) is 0 Å². The van der Waals surface area contributed by atoms with Crippen LogP contribution in [-0.2, 0) is 6.42 Å². The highest BCUT2D eigenvalue weighted by Gasteiger charge is 2.05. The molecular weight excluding hydrogens is 170 g/mol. The first-order valence-corrected chi connectivity index (χ1v) is 5.49. The largest absolute Gasteiger partial charge is 0.382 e. The molecule has 0 aliphatic carbocycles. The number of hydrogen-bond acceptors (Lipinski definition) is 1. The van der Waals surface area contributed by atoms with Crippen LogP contribution in [0.1, 0.15) is 33.3 Å². The van der Waals surface area contributed by atoms with Gasteiger partial charge in [0.15, 0.2) is 0 Å². The van der Waals surface area contributed by atoms with Gasteiger partial charge < -0.3 is 5.32 Å². The third-order valence-corrected chi connectivity index (χ3v) is 2.76. The van der Waals surface area contributed by atoms with Crippen molar-refractivity contribution in [2.24, 2.45) is 5.92 Å². The van der Waals surface area contributed by atoms with E-state index in [-0.39, 0.29) is 0 Å². The number of aryl methyl sites for hydroxylation is 1. The fourth-order valence-corrected chi connectivity index (χ4v) is 1.27. The van der Waals surface area contributed by atoms with Crippen LogP contribution in [0.3, 0.4) is 0 Å². The predicted octanol–water partition coefficient (Wildman–Crippen LogP) is 3.71. The average Bonchev–Trinajstić information content (AvgIpc) is 2.19. The van der Waals surface area contributed by atoms with Gasteiger partial charge in [-0.1, -0.05) is 32.9 Å². The molecule has 0 aromatic heterocycles. The molecule has 1 nitrogen and oxygen atoms in total. The van der Waals surface area contributed by atoms with Gasteiger partial charge in [-0.25, -0.2) is 0 Å². The molecule has 1 unspecified atom stereocenters. The summed E-state index contributed by atoms with van der Waals surface area (Å²) in [6, 6.07) is 9.24. The van der Waals surface area contributed by atoms with Crippen LogP contribution < -0.4 is 5.32 Å². The zero-order chi connectivity index (χ0) is 10.6. The Morgan fingerprint density at radius 3 is 2.07 bits per heavy atom. The van der Waals surface area contributed by atoms with Crippen LogP contribution in [-0.4, -0.2) is 6.04 Å². The van der Waals surface area contributed by atoms with Crippen molar-refractivity contribution in [2.75, 3.05) is 5.32 Å². The van der Waals surface area contributed by atoms with Gasteiger partial charge in [-0.15, -0.1) is 0 Å². The van der Waals surface area contributed by atoms with Crippen LogP contribution in [0.15, 0.2) is 24.3 Å². The van der Waals surface area contributed by atoms with E-state index in [9.17, 15) is 0 Å². The summed E-state index contributed by atoms with van der Waals surface area (Å²) in [6.45, 7) is 8.87. The Morgan fingerprint density at radius 1 is 1.07 bits per heavy atom. The molecule has 0 radical (unpaired) electrons. The Morgan fingerprint density at radius 2 is 1.64 bits per heavy atom. The van der Waals surface area contributed by atoms with Gasteiger partial charge >= 0.3 is 0 Å². The lowest BCUT2D eigenvalue weighted by Crippen LogP contribution is -2.21. The predicted molar refractivity (Wildman–Crippen MR) is 63.7 cm³/mol. The molecule has 78 valence electrons. The summed E-state index contributed by atoms with van der Waals surface area (Å²) in [7, 11) is 0. The number of hydrogen-bond donors (Lipinski definition) is 1. The van der Waals surface area contributed by atoms with Crippen LogP contribution in [0.2, 0.25) is 0 Å². The van der Waals surface area contributed by atoms with Gasteiger partial charge in [-0.05, 0) is 37.0 Å². The molecule has 0 heterocycles. The first-order chi connectivity index (χ1) is 6.63. The van der Waals surface area contributed by atoms with Gasteiger partial charge in [-0.2, -0.15) is 0 Å². The zero-order valence-corrected chi connectivity index (χ0v) is 9.67. The van der Waals surface area contributed by atoms with Gasteiger partial charge in [0.05, 0.1) is 0 Å². The molecule has 0 saturated heterocycles.